The Bertz CT molecular complexity index is 1290. The topological polar surface area (TPSA) is 49.0 Å². The molecule has 2 heterocycles. The van der Waals surface area contributed by atoms with Gasteiger partial charge in [-0.15, -0.1) is 11.3 Å². The zero-order valence-corrected chi connectivity index (χ0v) is 20.1. The number of H-pyrrole nitrogens is 1. The smallest absolute Gasteiger partial charge is 0.274 e. The van der Waals surface area contributed by atoms with Crippen LogP contribution in [0.25, 0.3) is 21.3 Å². The van der Waals surface area contributed by atoms with Gasteiger partial charge in [-0.3, -0.25) is 4.79 Å². The number of nitrogens with zero attached hydrogens (tertiary/aromatic N) is 2. The van der Waals surface area contributed by atoms with E-state index in [9.17, 15) is 9.18 Å². The molecule has 0 bridgehead atoms. The first-order chi connectivity index (χ1) is 15.5. The first-order valence-electron chi connectivity index (χ1n) is 10.8. The Balaban J connectivity index is 1.42. The van der Waals surface area contributed by atoms with Gasteiger partial charge in [0.1, 0.15) is 11.5 Å². The molecule has 0 radical (unpaired) electrons. The average molecular weight is 512 g/mol. The van der Waals surface area contributed by atoms with Crippen molar-refractivity contribution in [1.82, 2.24) is 14.9 Å². The van der Waals surface area contributed by atoms with E-state index in [1.54, 1.807) is 12.1 Å². The van der Waals surface area contributed by atoms with Crippen LogP contribution in [-0.2, 0) is 6.42 Å². The summed E-state index contributed by atoms with van der Waals surface area (Å²) in [6.07, 6.45) is 4.90. The number of carbonyl (C=O) groups excluding carboxylic acids is 1. The molecule has 0 aliphatic heterocycles. The Morgan fingerprint density at radius 2 is 2.12 bits per heavy atom. The Morgan fingerprint density at radius 3 is 2.91 bits per heavy atom. The molecular formula is C25H23BrFN3OS. The highest BCUT2D eigenvalue weighted by molar-refractivity contribution is 9.11. The minimum absolute atomic E-state index is 0.0404. The van der Waals surface area contributed by atoms with Crippen LogP contribution in [0, 0.1) is 18.7 Å². The number of benzene rings is 2. The number of rotatable bonds is 7. The molecule has 164 valence electrons. The maximum Gasteiger partial charge on any atom is 0.274 e. The third-order valence-electron chi connectivity index (χ3n) is 5.93. The van der Waals surface area contributed by atoms with Gasteiger partial charge in [-0.1, -0.05) is 29.8 Å². The van der Waals surface area contributed by atoms with Crippen LogP contribution in [0.1, 0.15) is 34.5 Å². The van der Waals surface area contributed by atoms with E-state index in [-0.39, 0.29) is 11.7 Å². The van der Waals surface area contributed by atoms with Gasteiger partial charge in [0.25, 0.3) is 5.91 Å². The van der Waals surface area contributed by atoms with Crippen molar-refractivity contribution in [3.63, 3.8) is 0 Å². The highest BCUT2D eigenvalue weighted by Crippen LogP contribution is 2.36. The lowest BCUT2D eigenvalue weighted by Crippen LogP contribution is -2.35. The molecule has 2 aromatic carbocycles. The van der Waals surface area contributed by atoms with Gasteiger partial charge < -0.3 is 9.88 Å². The minimum atomic E-state index is -0.251. The largest absolute Gasteiger partial charge is 0.361 e. The highest BCUT2D eigenvalue weighted by Gasteiger charge is 2.30. The number of fused-ring (bicyclic) bond motifs is 1. The summed E-state index contributed by atoms with van der Waals surface area (Å²) in [7, 11) is 0. The van der Waals surface area contributed by atoms with Crippen LogP contribution >= 0.6 is 27.3 Å². The second-order valence-corrected chi connectivity index (χ2v) is 10.7. The van der Waals surface area contributed by atoms with E-state index in [1.807, 2.05) is 36.2 Å². The van der Waals surface area contributed by atoms with Crippen molar-refractivity contribution in [2.24, 2.45) is 5.92 Å². The van der Waals surface area contributed by atoms with E-state index in [0.717, 1.165) is 51.9 Å². The maximum atomic E-state index is 13.8. The molecule has 0 spiro atoms. The van der Waals surface area contributed by atoms with E-state index in [1.165, 1.54) is 17.4 Å². The molecule has 7 heteroatoms. The third kappa shape index (κ3) is 4.50. The molecule has 1 fully saturated rings. The lowest BCUT2D eigenvalue weighted by atomic mass is 10.1. The molecule has 1 saturated carbocycles. The molecular weight excluding hydrogens is 489 g/mol. The summed E-state index contributed by atoms with van der Waals surface area (Å²) in [5.41, 5.74) is 4.58. The number of amides is 1. The molecule has 2 aromatic heterocycles. The SMILES string of the molecule is Cc1cccc(-c2sc(Br)nc2C(=O)N(CCc2c[nH]c3ccc(F)cc23)CC2CC2)c1. The van der Waals surface area contributed by atoms with E-state index in [2.05, 4.69) is 32.0 Å². The number of nitrogens with one attached hydrogen (secondary N) is 1. The average Bonchev–Trinajstić information content (AvgIpc) is 3.38. The molecule has 0 unspecified atom stereocenters. The van der Waals surface area contributed by atoms with Gasteiger partial charge in [0.05, 0.1) is 4.88 Å². The Morgan fingerprint density at radius 1 is 1.28 bits per heavy atom. The number of halogens is 2. The number of carbonyl (C=O) groups is 1. The second kappa shape index (κ2) is 8.79. The van der Waals surface area contributed by atoms with E-state index < -0.39 is 0 Å². The Hall–Kier alpha value is -2.51. The van der Waals surface area contributed by atoms with Gasteiger partial charge in [0.15, 0.2) is 3.92 Å². The number of aromatic amines is 1. The van der Waals surface area contributed by atoms with E-state index in [4.69, 9.17) is 0 Å². The Labute approximate surface area is 198 Å². The molecule has 0 atom stereocenters. The predicted molar refractivity (Wildman–Crippen MR) is 131 cm³/mol. The van der Waals surface area contributed by atoms with Crippen molar-refractivity contribution in [2.45, 2.75) is 26.2 Å². The van der Waals surface area contributed by atoms with Crippen molar-refractivity contribution in [2.75, 3.05) is 13.1 Å². The summed E-state index contributed by atoms with van der Waals surface area (Å²) in [4.78, 5) is 24.2. The van der Waals surface area contributed by atoms with Crippen molar-refractivity contribution < 1.29 is 9.18 Å². The van der Waals surface area contributed by atoms with Crippen molar-refractivity contribution in [3.8, 4) is 10.4 Å². The Kier molecular flexibility index (Phi) is 5.86. The van der Waals surface area contributed by atoms with Crippen LogP contribution in [0.2, 0.25) is 0 Å². The first kappa shape index (κ1) is 21.3. The molecule has 1 aliphatic rings. The summed E-state index contributed by atoms with van der Waals surface area (Å²) in [6.45, 7) is 3.35. The highest BCUT2D eigenvalue weighted by atomic mass is 79.9. The zero-order chi connectivity index (χ0) is 22.2. The molecule has 5 rings (SSSR count). The second-order valence-electron chi connectivity index (χ2n) is 8.46. The summed E-state index contributed by atoms with van der Waals surface area (Å²) in [6, 6.07) is 12.9. The monoisotopic (exact) mass is 511 g/mol. The normalized spacial score (nSPS) is 13.6. The van der Waals surface area contributed by atoms with Crippen molar-refractivity contribution in [1.29, 1.82) is 0 Å². The standard InChI is InChI=1S/C25H23BrFN3OS/c1-15-3-2-4-17(11-15)23-22(29-25(26)32-23)24(31)30(14-16-5-6-16)10-9-18-13-28-21-8-7-19(27)12-20(18)21/h2-4,7-8,11-13,16,28H,5-6,9-10,14H2,1H3. The van der Waals surface area contributed by atoms with Gasteiger partial charge in [0.2, 0.25) is 0 Å². The van der Waals surface area contributed by atoms with Crippen molar-refractivity contribution in [3.05, 3.63) is 75.2 Å². The lowest BCUT2D eigenvalue weighted by molar-refractivity contribution is 0.0745. The summed E-state index contributed by atoms with van der Waals surface area (Å²) >= 11 is 4.97. The molecule has 4 nitrogen and oxygen atoms in total. The number of aromatic nitrogens is 2. The number of thiazole rings is 1. The molecule has 4 aromatic rings. The third-order valence-corrected chi connectivity index (χ3v) is 7.48. The van der Waals surface area contributed by atoms with Crippen molar-refractivity contribution >= 4 is 44.1 Å². The number of hydrogen-bond acceptors (Lipinski definition) is 3. The molecule has 1 aliphatic carbocycles. The van der Waals surface area contributed by atoms with Crippen LogP contribution < -0.4 is 0 Å². The van der Waals surface area contributed by atoms with Gasteiger partial charge in [-0.25, -0.2) is 9.37 Å². The fourth-order valence-electron chi connectivity index (χ4n) is 4.07. The summed E-state index contributed by atoms with van der Waals surface area (Å²) < 4.78 is 14.5. The lowest BCUT2D eigenvalue weighted by Gasteiger charge is -2.22. The number of hydrogen-bond donors (Lipinski definition) is 1. The minimum Gasteiger partial charge on any atom is -0.361 e. The molecule has 0 saturated heterocycles. The maximum absolute atomic E-state index is 13.8. The first-order valence-corrected chi connectivity index (χ1v) is 12.4. The van der Waals surface area contributed by atoms with Gasteiger partial charge in [-0.05, 0) is 77.4 Å². The predicted octanol–water partition coefficient (Wildman–Crippen LogP) is 6.60. The zero-order valence-electron chi connectivity index (χ0n) is 17.7. The molecule has 32 heavy (non-hydrogen) atoms. The fraction of sp³-hybridized carbons (Fsp3) is 0.280. The van der Waals surface area contributed by atoms with Crippen LogP contribution in [0.15, 0.2) is 52.6 Å². The fourth-order valence-corrected chi connectivity index (χ4v) is 5.51. The van der Waals surface area contributed by atoms with E-state index >= 15 is 0 Å². The van der Waals surface area contributed by atoms with E-state index in [0.29, 0.717) is 28.5 Å². The van der Waals surface area contributed by atoms with Gasteiger partial charge >= 0.3 is 0 Å². The quantitative estimate of drug-likeness (QED) is 0.304. The van der Waals surface area contributed by atoms with Gasteiger partial charge in [0, 0.05) is 30.2 Å². The molecule has 1 N–H and O–H groups in total. The van der Waals surface area contributed by atoms with Crippen LogP contribution in [0.5, 0.6) is 0 Å². The summed E-state index contributed by atoms with van der Waals surface area (Å²) in [5, 5.41) is 0.876. The molecule has 1 amide bonds. The van der Waals surface area contributed by atoms with Crippen LogP contribution in [0.4, 0.5) is 4.39 Å². The van der Waals surface area contributed by atoms with Gasteiger partial charge in [-0.2, -0.15) is 0 Å². The van der Waals surface area contributed by atoms with Crippen LogP contribution in [0.3, 0.4) is 0 Å². The summed E-state index contributed by atoms with van der Waals surface area (Å²) in [5.74, 6) is 0.268. The number of aryl methyl sites for hydroxylation is 1. The van der Waals surface area contributed by atoms with Crippen LogP contribution in [-0.4, -0.2) is 33.9 Å².